The number of amides is 1. The van der Waals surface area contributed by atoms with Gasteiger partial charge in [-0.05, 0) is 55.7 Å². The number of aromatic nitrogens is 4. The van der Waals surface area contributed by atoms with Gasteiger partial charge in [0.25, 0.3) is 5.91 Å². The third-order valence-corrected chi connectivity index (χ3v) is 8.14. The van der Waals surface area contributed by atoms with Gasteiger partial charge in [-0.2, -0.15) is 0 Å². The highest BCUT2D eigenvalue weighted by Gasteiger charge is 2.26. The van der Waals surface area contributed by atoms with E-state index in [0.29, 0.717) is 24.6 Å². The summed E-state index contributed by atoms with van der Waals surface area (Å²) in [5, 5.41) is 3.69. The molecule has 0 radical (unpaired) electrons. The molecular weight excluding hydrogens is 478 g/mol. The molecule has 6 rings (SSSR count). The lowest BCUT2D eigenvalue weighted by atomic mass is 10.2. The van der Waals surface area contributed by atoms with E-state index in [9.17, 15) is 13.2 Å². The highest BCUT2D eigenvalue weighted by Crippen LogP contribution is 2.39. The zero-order valence-corrected chi connectivity index (χ0v) is 20.2. The maximum Gasteiger partial charge on any atom is 0.251 e. The maximum atomic E-state index is 12.8. The van der Waals surface area contributed by atoms with Crippen LogP contribution in [0.25, 0.3) is 22.3 Å². The van der Waals surface area contributed by atoms with E-state index in [1.165, 1.54) is 12.1 Å². The number of hydrogen-bond donors (Lipinski definition) is 1. The van der Waals surface area contributed by atoms with E-state index in [-0.39, 0.29) is 28.5 Å². The predicted octanol–water partition coefficient (Wildman–Crippen LogP) is 3.45. The number of carbonyl (C=O) groups excluding carboxylic acids is 1. The zero-order chi connectivity index (χ0) is 24.7. The number of ether oxygens (including phenoxy) is 1. The largest absolute Gasteiger partial charge is 0.492 e. The van der Waals surface area contributed by atoms with Gasteiger partial charge in [0.15, 0.2) is 9.84 Å². The summed E-state index contributed by atoms with van der Waals surface area (Å²) in [6.45, 7) is 0.498. The minimum Gasteiger partial charge on any atom is -0.492 e. The average molecular weight is 502 g/mol. The predicted molar refractivity (Wildman–Crippen MR) is 132 cm³/mol. The Morgan fingerprint density at radius 3 is 2.78 bits per heavy atom. The minimum atomic E-state index is -3.49. The van der Waals surface area contributed by atoms with Crippen molar-refractivity contribution in [1.82, 2.24) is 25.3 Å². The van der Waals surface area contributed by atoms with E-state index in [2.05, 4.69) is 15.3 Å². The lowest BCUT2D eigenvalue weighted by molar-refractivity contribution is 0.0950. The Morgan fingerprint density at radius 1 is 1.03 bits per heavy atom. The van der Waals surface area contributed by atoms with Crippen LogP contribution in [0.5, 0.6) is 5.75 Å². The fourth-order valence-electron chi connectivity index (χ4n) is 4.20. The summed E-state index contributed by atoms with van der Waals surface area (Å²) in [4.78, 5) is 31.1. The van der Waals surface area contributed by atoms with Gasteiger partial charge in [0.05, 0.1) is 47.7 Å². The molecule has 1 aliphatic carbocycles. The fourth-order valence-corrected chi connectivity index (χ4v) is 5.66. The molecule has 3 aromatic heterocycles. The van der Waals surface area contributed by atoms with Gasteiger partial charge in [0, 0.05) is 29.3 Å². The molecule has 9 nitrogen and oxygen atoms in total. The number of sulfone groups is 1. The number of rotatable bonds is 5. The van der Waals surface area contributed by atoms with Crippen molar-refractivity contribution < 1.29 is 17.9 Å². The van der Waals surface area contributed by atoms with Crippen LogP contribution in [0.3, 0.4) is 0 Å². The van der Waals surface area contributed by atoms with Crippen molar-refractivity contribution in [3.05, 3.63) is 71.9 Å². The van der Waals surface area contributed by atoms with Crippen molar-refractivity contribution in [1.29, 1.82) is 0 Å². The van der Waals surface area contributed by atoms with Crippen molar-refractivity contribution in [3.8, 4) is 17.1 Å². The highest BCUT2D eigenvalue weighted by atomic mass is 32.2. The molecule has 0 atom stereocenters. The van der Waals surface area contributed by atoms with Crippen molar-refractivity contribution in [2.45, 2.75) is 36.6 Å². The van der Waals surface area contributed by atoms with E-state index in [0.717, 1.165) is 40.8 Å². The molecule has 4 aromatic rings. The molecular formula is C26H23N5O4S. The molecule has 0 spiro atoms. The van der Waals surface area contributed by atoms with Crippen LogP contribution in [0, 0.1) is 0 Å². The van der Waals surface area contributed by atoms with Crippen molar-refractivity contribution in [2.24, 2.45) is 0 Å². The summed E-state index contributed by atoms with van der Waals surface area (Å²) in [5.41, 5.74) is 4.08. The summed E-state index contributed by atoms with van der Waals surface area (Å²) >= 11 is 0. The van der Waals surface area contributed by atoms with Gasteiger partial charge in [-0.25, -0.2) is 18.4 Å². The second-order valence-electron chi connectivity index (χ2n) is 9.03. The molecule has 36 heavy (non-hydrogen) atoms. The van der Waals surface area contributed by atoms with Gasteiger partial charge < -0.3 is 10.1 Å². The summed E-state index contributed by atoms with van der Waals surface area (Å²) in [7, 11) is -3.49. The monoisotopic (exact) mass is 501 g/mol. The van der Waals surface area contributed by atoms with E-state index in [1.807, 2.05) is 24.4 Å². The van der Waals surface area contributed by atoms with Crippen molar-refractivity contribution in [3.63, 3.8) is 0 Å². The highest BCUT2D eigenvalue weighted by molar-refractivity contribution is 7.91. The van der Waals surface area contributed by atoms with Crippen LogP contribution in [-0.4, -0.2) is 46.6 Å². The lowest BCUT2D eigenvalue weighted by Crippen LogP contribution is -2.23. The smallest absolute Gasteiger partial charge is 0.251 e. The van der Waals surface area contributed by atoms with Gasteiger partial charge in [-0.3, -0.25) is 14.8 Å². The molecule has 0 saturated heterocycles. The SMILES string of the molecule is O=C(NCc1cc2nc(-c3cncc(C4CC4)n3)ccc2cn1)c1ccc2c(c1)S(=O)(=O)CCCO2. The summed E-state index contributed by atoms with van der Waals surface area (Å²) in [6.07, 6.45) is 7.97. The second kappa shape index (κ2) is 8.94. The first kappa shape index (κ1) is 22.5. The molecule has 1 amide bonds. The van der Waals surface area contributed by atoms with Crippen molar-refractivity contribution in [2.75, 3.05) is 12.4 Å². The molecule has 1 fully saturated rings. The molecule has 10 heteroatoms. The van der Waals surface area contributed by atoms with E-state index in [1.54, 1.807) is 18.5 Å². The summed E-state index contributed by atoms with van der Waals surface area (Å²) in [5.74, 6) is 0.393. The molecule has 1 N–H and O–H groups in total. The number of nitrogens with zero attached hydrogens (tertiary/aromatic N) is 4. The fraction of sp³-hybridized carbons (Fsp3) is 0.269. The van der Waals surface area contributed by atoms with Gasteiger partial charge >= 0.3 is 0 Å². The molecule has 4 heterocycles. The van der Waals surface area contributed by atoms with E-state index in [4.69, 9.17) is 14.7 Å². The number of pyridine rings is 2. The molecule has 1 aliphatic heterocycles. The first-order chi connectivity index (χ1) is 17.5. The van der Waals surface area contributed by atoms with Crippen LogP contribution in [-0.2, 0) is 16.4 Å². The van der Waals surface area contributed by atoms with Gasteiger partial charge in [-0.15, -0.1) is 0 Å². The Hall–Kier alpha value is -3.92. The Labute approximate surface area is 207 Å². The van der Waals surface area contributed by atoms with E-state index < -0.39 is 15.7 Å². The van der Waals surface area contributed by atoms with Crippen LogP contribution in [0.15, 0.2) is 59.9 Å². The Kier molecular flexibility index (Phi) is 5.60. The van der Waals surface area contributed by atoms with Crippen molar-refractivity contribution >= 4 is 26.6 Å². The van der Waals surface area contributed by atoms with E-state index >= 15 is 0 Å². The van der Waals surface area contributed by atoms with Crippen LogP contribution >= 0.6 is 0 Å². The summed E-state index contributed by atoms with van der Waals surface area (Å²) in [6, 6.07) is 10.1. The zero-order valence-electron chi connectivity index (χ0n) is 19.3. The van der Waals surface area contributed by atoms with Crippen LogP contribution in [0.2, 0.25) is 0 Å². The third kappa shape index (κ3) is 4.51. The minimum absolute atomic E-state index is 0.00245. The quantitative estimate of drug-likeness (QED) is 0.441. The maximum absolute atomic E-state index is 12.8. The molecule has 2 aliphatic rings. The van der Waals surface area contributed by atoms with Crippen LogP contribution in [0.1, 0.15) is 46.9 Å². The van der Waals surface area contributed by atoms with Gasteiger partial charge in [0.2, 0.25) is 0 Å². The normalized spacial score (nSPS) is 16.6. The van der Waals surface area contributed by atoms with Crippen LogP contribution in [0.4, 0.5) is 0 Å². The third-order valence-electron chi connectivity index (χ3n) is 6.33. The van der Waals surface area contributed by atoms with Gasteiger partial charge in [0.1, 0.15) is 16.3 Å². The first-order valence-electron chi connectivity index (χ1n) is 11.8. The Bertz CT molecular complexity index is 1600. The number of fused-ring (bicyclic) bond motifs is 2. The molecule has 182 valence electrons. The first-order valence-corrected chi connectivity index (χ1v) is 13.5. The average Bonchev–Trinajstić information content (AvgIpc) is 3.76. The molecule has 0 bridgehead atoms. The Balaban J connectivity index is 1.21. The summed E-state index contributed by atoms with van der Waals surface area (Å²) < 4.78 is 30.6. The number of benzene rings is 1. The standard InChI is InChI=1S/C26H23N5O4S/c32-26(17-5-7-24-25(10-17)36(33,34)9-1-8-35-24)29-13-19-11-21-18(12-28-19)4-6-20(30-21)23-15-27-14-22(31-23)16-2-3-16/h4-7,10-12,14-16H,1-3,8-9,13H2,(H,29,32). The number of carbonyl (C=O) groups is 1. The molecule has 1 saturated carbocycles. The molecule has 1 aromatic carbocycles. The molecule has 0 unspecified atom stereocenters. The lowest BCUT2D eigenvalue weighted by Gasteiger charge is -2.10. The number of nitrogens with one attached hydrogen (secondary N) is 1. The second-order valence-corrected chi connectivity index (χ2v) is 11.1. The number of hydrogen-bond acceptors (Lipinski definition) is 8. The van der Waals surface area contributed by atoms with Gasteiger partial charge in [-0.1, -0.05) is 0 Å². The van der Waals surface area contributed by atoms with Crippen LogP contribution < -0.4 is 10.1 Å². The Morgan fingerprint density at radius 2 is 1.92 bits per heavy atom. The topological polar surface area (TPSA) is 124 Å².